The van der Waals surface area contributed by atoms with Crippen LogP contribution in [0.15, 0.2) is 0 Å². The molecule has 0 spiro atoms. The Morgan fingerprint density at radius 2 is 1.43 bits per heavy atom. The molecule has 5 nitrogen and oxygen atoms in total. The Bertz CT molecular complexity index is 328. The maximum absolute atomic E-state index is 11.5. The van der Waals surface area contributed by atoms with Gasteiger partial charge in [-0.15, -0.1) is 0 Å². The van der Waals surface area contributed by atoms with E-state index in [-0.39, 0.29) is 17.1 Å². The van der Waals surface area contributed by atoms with Gasteiger partial charge in [-0.1, -0.05) is 44.9 Å². The topological polar surface area (TPSA) is 72.8 Å². The van der Waals surface area contributed by atoms with Crippen LogP contribution in [0.5, 0.6) is 0 Å². The van der Waals surface area contributed by atoms with Gasteiger partial charge >= 0.3 is 11.9 Å². The SMILES string of the molecule is C1CCCC1.CC(O)C(=O)OC(C)C(=O)OCC1CCCC1.[Fe]. The molecule has 0 bridgehead atoms. The maximum Gasteiger partial charge on any atom is 0.347 e. The minimum absolute atomic E-state index is 0. The number of hydrogen-bond acceptors (Lipinski definition) is 5. The van der Waals surface area contributed by atoms with Gasteiger partial charge in [0, 0.05) is 17.1 Å². The third-order valence-corrected chi connectivity index (χ3v) is 4.15. The Morgan fingerprint density at radius 1 is 0.957 bits per heavy atom. The fourth-order valence-corrected chi connectivity index (χ4v) is 2.70. The average Bonchev–Trinajstić information content (AvgIpc) is 3.19. The smallest absolute Gasteiger partial charge is 0.347 e. The summed E-state index contributed by atoms with van der Waals surface area (Å²) in [5, 5.41) is 8.93. The summed E-state index contributed by atoms with van der Waals surface area (Å²) >= 11 is 0. The van der Waals surface area contributed by atoms with E-state index in [1.807, 2.05) is 0 Å². The van der Waals surface area contributed by atoms with Crippen LogP contribution in [0.25, 0.3) is 0 Å². The number of aliphatic hydroxyl groups excluding tert-OH is 1. The van der Waals surface area contributed by atoms with Crippen LogP contribution < -0.4 is 0 Å². The predicted molar refractivity (Wildman–Crippen MR) is 83.2 cm³/mol. The van der Waals surface area contributed by atoms with Gasteiger partial charge < -0.3 is 14.6 Å². The summed E-state index contributed by atoms with van der Waals surface area (Å²) in [6.07, 6.45) is 9.88. The second-order valence-corrected chi connectivity index (χ2v) is 6.30. The van der Waals surface area contributed by atoms with E-state index in [4.69, 9.17) is 14.6 Å². The normalized spacial score (nSPS) is 19.8. The van der Waals surface area contributed by atoms with E-state index in [0.29, 0.717) is 12.5 Å². The van der Waals surface area contributed by atoms with Crippen molar-refractivity contribution in [3.63, 3.8) is 0 Å². The van der Waals surface area contributed by atoms with Crippen molar-refractivity contribution in [1.29, 1.82) is 0 Å². The van der Waals surface area contributed by atoms with Crippen LogP contribution in [0, 0.1) is 5.92 Å². The van der Waals surface area contributed by atoms with E-state index < -0.39 is 24.1 Å². The minimum Gasteiger partial charge on any atom is -0.463 e. The first-order chi connectivity index (χ1) is 10.5. The second-order valence-electron chi connectivity index (χ2n) is 6.30. The molecule has 6 heteroatoms. The van der Waals surface area contributed by atoms with Crippen LogP contribution in [-0.2, 0) is 36.1 Å². The fourth-order valence-electron chi connectivity index (χ4n) is 2.70. The van der Waals surface area contributed by atoms with Gasteiger partial charge in [0.05, 0.1) is 6.61 Å². The van der Waals surface area contributed by atoms with Crippen molar-refractivity contribution in [2.45, 2.75) is 83.8 Å². The van der Waals surface area contributed by atoms with E-state index in [1.54, 1.807) is 0 Å². The van der Waals surface area contributed by atoms with Gasteiger partial charge in [-0.3, -0.25) is 0 Å². The Balaban J connectivity index is 0.000000684. The molecule has 0 aromatic heterocycles. The van der Waals surface area contributed by atoms with Crippen molar-refractivity contribution in [2.75, 3.05) is 6.61 Å². The summed E-state index contributed by atoms with van der Waals surface area (Å²) in [7, 11) is 0. The van der Waals surface area contributed by atoms with Gasteiger partial charge in [0.25, 0.3) is 0 Å². The van der Waals surface area contributed by atoms with Gasteiger partial charge in [0.1, 0.15) is 6.10 Å². The van der Waals surface area contributed by atoms with E-state index in [9.17, 15) is 9.59 Å². The number of carbonyl (C=O) groups excluding carboxylic acids is 2. The third-order valence-electron chi connectivity index (χ3n) is 4.15. The minimum atomic E-state index is -1.22. The molecule has 2 unspecified atom stereocenters. The molecule has 136 valence electrons. The first kappa shape index (κ1) is 22.4. The van der Waals surface area contributed by atoms with Gasteiger partial charge in [-0.2, -0.15) is 0 Å². The molecule has 2 rings (SSSR count). The maximum atomic E-state index is 11.5. The molecule has 0 aromatic carbocycles. The summed E-state index contributed by atoms with van der Waals surface area (Å²) in [4.78, 5) is 22.5. The van der Waals surface area contributed by atoms with Gasteiger partial charge in [-0.05, 0) is 32.6 Å². The average molecular weight is 370 g/mol. The van der Waals surface area contributed by atoms with Crippen LogP contribution in [0.2, 0.25) is 0 Å². The number of aliphatic hydroxyl groups is 1. The first-order valence-corrected chi connectivity index (χ1v) is 8.56. The van der Waals surface area contributed by atoms with E-state index >= 15 is 0 Å². The molecule has 23 heavy (non-hydrogen) atoms. The molecular weight excluding hydrogens is 340 g/mol. The molecule has 2 atom stereocenters. The van der Waals surface area contributed by atoms with Crippen molar-refractivity contribution in [1.82, 2.24) is 0 Å². The number of ether oxygens (including phenoxy) is 2. The molecule has 2 aliphatic carbocycles. The van der Waals surface area contributed by atoms with Gasteiger partial charge in [-0.25, -0.2) is 9.59 Å². The van der Waals surface area contributed by atoms with Crippen molar-refractivity contribution < 1.29 is 41.2 Å². The summed E-state index contributed by atoms with van der Waals surface area (Å²) < 4.78 is 9.80. The summed E-state index contributed by atoms with van der Waals surface area (Å²) in [6, 6.07) is 0. The Labute approximate surface area is 150 Å². The second kappa shape index (κ2) is 12.8. The Kier molecular flexibility index (Phi) is 12.5. The predicted octanol–water partition coefficient (Wildman–Crippen LogP) is 2.98. The van der Waals surface area contributed by atoms with Crippen LogP contribution in [0.1, 0.15) is 71.6 Å². The largest absolute Gasteiger partial charge is 0.463 e. The molecule has 1 N–H and O–H groups in total. The monoisotopic (exact) mass is 370 g/mol. The number of carbonyl (C=O) groups is 2. The molecule has 0 heterocycles. The van der Waals surface area contributed by atoms with Gasteiger partial charge in [0.15, 0.2) is 6.10 Å². The zero-order valence-corrected chi connectivity index (χ0v) is 15.3. The molecule has 2 aliphatic rings. The van der Waals surface area contributed by atoms with Crippen LogP contribution in [0.3, 0.4) is 0 Å². The van der Waals surface area contributed by atoms with E-state index in [1.165, 1.54) is 58.8 Å². The quantitative estimate of drug-likeness (QED) is 0.595. The van der Waals surface area contributed by atoms with Crippen LogP contribution in [-0.4, -0.2) is 35.9 Å². The molecule has 0 aromatic rings. The molecular formula is C17H30FeO5. The standard InChI is InChI=1S/C12H20O5.C5H10.Fe/c1-8(13)11(14)17-9(2)12(15)16-7-10-5-3-4-6-10;1-2-4-5-3-1;/h8-10,13H,3-7H2,1-2H3;1-5H2;. The molecule has 0 amide bonds. The van der Waals surface area contributed by atoms with E-state index in [2.05, 4.69) is 0 Å². The van der Waals surface area contributed by atoms with E-state index in [0.717, 1.165) is 12.8 Å². The summed E-state index contributed by atoms with van der Waals surface area (Å²) in [5.74, 6) is -0.917. The number of esters is 2. The van der Waals surface area contributed by atoms with Crippen molar-refractivity contribution >= 4 is 11.9 Å². The first-order valence-electron chi connectivity index (χ1n) is 8.56. The van der Waals surface area contributed by atoms with Crippen molar-refractivity contribution in [3.8, 4) is 0 Å². The molecule has 2 saturated carbocycles. The zero-order chi connectivity index (χ0) is 16.4. The van der Waals surface area contributed by atoms with Crippen molar-refractivity contribution in [3.05, 3.63) is 0 Å². The molecule has 0 aliphatic heterocycles. The molecule has 0 radical (unpaired) electrons. The molecule has 2 fully saturated rings. The Hall–Kier alpha value is -0.581. The van der Waals surface area contributed by atoms with Crippen LogP contribution >= 0.6 is 0 Å². The summed E-state index contributed by atoms with van der Waals surface area (Å²) in [6.45, 7) is 3.13. The van der Waals surface area contributed by atoms with Gasteiger partial charge in [0.2, 0.25) is 0 Å². The third kappa shape index (κ3) is 10.0. The van der Waals surface area contributed by atoms with Crippen molar-refractivity contribution in [2.24, 2.45) is 5.92 Å². The number of hydrogen-bond donors (Lipinski definition) is 1. The number of rotatable bonds is 5. The molecule has 0 saturated heterocycles. The van der Waals surface area contributed by atoms with Crippen LogP contribution in [0.4, 0.5) is 0 Å². The zero-order valence-electron chi connectivity index (χ0n) is 14.2. The Morgan fingerprint density at radius 3 is 1.87 bits per heavy atom. The fraction of sp³-hybridized carbons (Fsp3) is 0.882. The summed E-state index contributed by atoms with van der Waals surface area (Å²) in [5.41, 5.74) is 0.